The Morgan fingerprint density at radius 3 is 2.76 bits per heavy atom. The molecule has 0 aliphatic heterocycles. The van der Waals surface area contributed by atoms with E-state index in [1.54, 1.807) is 11.3 Å². The highest BCUT2D eigenvalue weighted by atomic mass is 32.1. The molecule has 1 aliphatic rings. The maximum atomic E-state index is 12.8. The van der Waals surface area contributed by atoms with Gasteiger partial charge in [-0.3, -0.25) is 19.7 Å². The van der Waals surface area contributed by atoms with E-state index in [-0.39, 0.29) is 5.91 Å². The predicted octanol–water partition coefficient (Wildman–Crippen LogP) is 5.00. The molecule has 0 saturated carbocycles. The minimum Gasteiger partial charge on any atom is -0.348 e. The van der Waals surface area contributed by atoms with Gasteiger partial charge in [0.1, 0.15) is 6.33 Å². The number of nitrogens with zero attached hydrogens (tertiary/aromatic N) is 5. The smallest absolute Gasteiger partial charge is 0.255 e. The van der Waals surface area contributed by atoms with E-state index in [4.69, 9.17) is 4.98 Å². The molecule has 3 heterocycles. The van der Waals surface area contributed by atoms with Gasteiger partial charge in [0.05, 0.1) is 34.2 Å². The van der Waals surface area contributed by atoms with Gasteiger partial charge in [-0.05, 0) is 62.3 Å². The number of aromatic nitrogens is 4. The van der Waals surface area contributed by atoms with Gasteiger partial charge in [0.15, 0.2) is 0 Å². The van der Waals surface area contributed by atoms with Crippen molar-refractivity contribution in [2.24, 2.45) is 0 Å². The molecule has 1 amide bonds. The monoisotopic (exact) mass is 512 g/mol. The number of amides is 1. The van der Waals surface area contributed by atoms with E-state index < -0.39 is 0 Å². The van der Waals surface area contributed by atoms with Crippen LogP contribution < -0.4 is 5.32 Å². The Bertz CT molecular complexity index is 1340. The Kier molecular flexibility index (Phi) is 7.96. The van der Waals surface area contributed by atoms with Crippen molar-refractivity contribution in [1.29, 1.82) is 0 Å². The molecule has 5 rings (SSSR count). The van der Waals surface area contributed by atoms with E-state index in [1.165, 1.54) is 34.4 Å². The highest BCUT2D eigenvalue weighted by molar-refractivity contribution is 7.09. The SMILES string of the molecule is Cc1ncnc(C)c1C(=O)NCc1cccc(CCN(Cc2cncs2)C2CCCc3cccnc32)c1. The first-order chi connectivity index (χ1) is 18.1. The van der Waals surface area contributed by atoms with Gasteiger partial charge in [0.2, 0.25) is 0 Å². The maximum absolute atomic E-state index is 12.8. The minimum absolute atomic E-state index is 0.139. The van der Waals surface area contributed by atoms with Gasteiger partial charge in [-0.25, -0.2) is 9.97 Å². The number of hydrogen-bond acceptors (Lipinski definition) is 7. The van der Waals surface area contributed by atoms with Gasteiger partial charge in [-0.15, -0.1) is 11.3 Å². The summed E-state index contributed by atoms with van der Waals surface area (Å²) in [7, 11) is 0. The first-order valence-electron chi connectivity index (χ1n) is 12.8. The average molecular weight is 513 g/mol. The Balaban J connectivity index is 1.27. The molecule has 0 fully saturated rings. The van der Waals surface area contributed by atoms with Crippen molar-refractivity contribution in [2.75, 3.05) is 6.54 Å². The third-order valence-electron chi connectivity index (χ3n) is 7.03. The van der Waals surface area contributed by atoms with E-state index in [0.717, 1.165) is 37.9 Å². The summed E-state index contributed by atoms with van der Waals surface area (Å²) in [4.78, 5) is 34.0. The summed E-state index contributed by atoms with van der Waals surface area (Å²) in [5, 5.41) is 3.04. The van der Waals surface area contributed by atoms with E-state index in [1.807, 2.05) is 37.8 Å². The number of carbonyl (C=O) groups is 1. The molecule has 3 aromatic heterocycles. The molecule has 1 aromatic carbocycles. The third kappa shape index (κ3) is 6.09. The van der Waals surface area contributed by atoms with Crippen molar-refractivity contribution in [3.8, 4) is 0 Å². The van der Waals surface area contributed by atoms with Crippen molar-refractivity contribution in [3.63, 3.8) is 0 Å². The summed E-state index contributed by atoms with van der Waals surface area (Å²) in [5.74, 6) is -0.139. The van der Waals surface area contributed by atoms with Crippen LogP contribution in [0.2, 0.25) is 0 Å². The number of benzene rings is 1. The van der Waals surface area contributed by atoms with E-state index in [0.29, 0.717) is 29.5 Å². The largest absolute Gasteiger partial charge is 0.348 e. The minimum atomic E-state index is -0.139. The van der Waals surface area contributed by atoms with Gasteiger partial charge in [0.25, 0.3) is 5.91 Å². The topological polar surface area (TPSA) is 83.9 Å². The molecule has 0 radical (unpaired) electrons. The second-order valence-electron chi connectivity index (χ2n) is 9.57. The molecular weight excluding hydrogens is 480 g/mol. The second kappa shape index (κ2) is 11.7. The summed E-state index contributed by atoms with van der Waals surface area (Å²) < 4.78 is 0. The summed E-state index contributed by atoms with van der Waals surface area (Å²) >= 11 is 1.71. The quantitative estimate of drug-likeness (QED) is 0.340. The Hall–Kier alpha value is -3.49. The maximum Gasteiger partial charge on any atom is 0.255 e. The molecule has 190 valence electrons. The number of carbonyl (C=O) groups excluding carboxylic acids is 1. The fourth-order valence-corrected chi connectivity index (χ4v) is 5.79. The lowest BCUT2D eigenvalue weighted by Gasteiger charge is -2.34. The summed E-state index contributed by atoms with van der Waals surface area (Å²) in [5.41, 5.74) is 8.79. The Morgan fingerprint density at radius 1 is 1.11 bits per heavy atom. The lowest BCUT2D eigenvalue weighted by molar-refractivity contribution is 0.0948. The van der Waals surface area contributed by atoms with Gasteiger partial charge < -0.3 is 5.32 Å². The molecule has 37 heavy (non-hydrogen) atoms. The molecule has 0 saturated heterocycles. The van der Waals surface area contributed by atoms with Crippen LogP contribution in [0.15, 0.2) is 60.6 Å². The van der Waals surface area contributed by atoms with Gasteiger partial charge in [0, 0.05) is 36.9 Å². The molecule has 0 bridgehead atoms. The van der Waals surface area contributed by atoms with Crippen LogP contribution in [0.1, 0.15) is 67.9 Å². The number of rotatable bonds is 9. The number of aryl methyl sites for hydroxylation is 3. The molecule has 7 nitrogen and oxygen atoms in total. The number of thiazole rings is 1. The molecule has 8 heteroatoms. The highest BCUT2D eigenvalue weighted by Gasteiger charge is 2.27. The molecule has 1 aliphatic carbocycles. The van der Waals surface area contributed by atoms with Crippen molar-refractivity contribution in [1.82, 2.24) is 30.2 Å². The van der Waals surface area contributed by atoms with Crippen molar-refractivity contribution >= 4 is 17.2 Å². The van der Waals surface area contributed by atoms with Crippen LogP contribution in [0, 0.1) is 13.8 Å². The molecule has 1 atom stereocenters. The number of fused-ring (bicyclic) bond motifs is 1. The average Bonchev–Trinajstić information content (AvgIpc) is 3.43. The molecule has 1 unspecified atom stereocenters. The van der Waals surface area contributed by atoms with Crippen molar-refractivity contribution < 1.29 is 4.79 Å². The first-order valence-corrected chi connectivity index (χ1v) is 13.7. The van der Waals surface area contributed by atoms with Crippen molar-refractivity contribution in [3.05, 3.63) is 105 Å². The van der Waals surface area contributed by atoms with Gasteiger partial charge in [-0.1, -0.05) is 30.3 Å². The Labute approximate surface area is 222 Å². The summed E-state index contributed by atoms with van der Waals surface area (Å²) in [6.45, 7) is 5.93. The van der Waals surface area contributed by atoms with Crippen LogP contribution in [-0.4, -0.2) is 37.3 Å². The zero-order valence-electron chi connectivity index (χ0n) is 21.4. The zero-order chi connectivity index (χ0) is 25.6. The molecule has 0 spiro atoms. The van der Waals surface area contributed by atoms with Crippen LogP contribution in [0.5, 0.6) is 0 Å². The fraction of sp³-hybridized carbons (Fsp3) is 0.345. The summed E-state index contributed by atoms with van der Waals surface area (Å²) in [6.07, 6.45) is 9.72. The van der Waals surface area contributed by atoms with Crippen LogP contribution in [0.25, 0.3) is 0 Å². The van der Waals surface area contributed by atoms with Gasteiger partial charge in [-0.2, -0.15) is 0 Å². The zero-order valence-corrected chi connectivity index (χ0v) is 22.2. The highest BCUT2D eigenvalue weighted by Crippen LogP contribution is 2.34. The lowest BCUT2D eigenvalue weighted by Crippen LogP contribution is -2.33. The molecular formula is C29H32N6OS. The molecule has 1 N–H and O–H groups in total. The van der Waals surface area contributed by atoms with E-state index in [9.17, 15) is 4.79 Å². The second-order valence-corrected chi connectivity index (χ2v) is 10.5. The number of pyridine rings is 1. The normalized spacial score (nSPS) is 14.9. The van der Waals surface area contributed by atoms with Crippen LogP contribution in [-0.2, 0) is 25.9 Å². The summed E-state index contributed by atoms with van der Waals surface area (Å²) in [6, 6.07) is 13.1. The Morgan fingerprint density at radius 2 is 1.95 bits per heavy atom. The van der Waals surface area contributed by atoms with E-state index in [2.05, 4.69) is 55.5 Å². The standard InChI is InChI=1S/C29H32N6OS/c1-20-27(21(2)34-18-33-20)29(36)32-15-23-7-3-6-22(14-23)11-13-35(17-25-16-30-19-37-25)26-10-4-8-24-9-5-12-31-28(24)26/h3,5-7,9,12,14,16,18-19,26H,4,8,10-11,13,15,17H2,1-2H3,(H,32,36). The van der Waals surface area contributed by atoms with Crippen molar-refractivity contribution in [2.45, 2.75) is 58.7 Å². The van der Waals surface area contributed by atoms with E-state index >= 15 is 0 Å². The van der Waals surface area contributed by atoms with Crippen LogP contribution >= 0.6 is 11.3 Å². The molecule has 4 aromatic rings. The number of hydrogen-bond donors (Lipinski definition) is 1. The first kappa shape index (κ1) is 25.2. The van der Waals surface area contributed by atoms with Gasteiger partial charge >= 0.3 is 0 Å². The third-order valence-corrected chi connectivity index (χ3v) is 7.80. The van der Waals surface area contributed by atoms with Crippen LogP contribution in [0.4, 0.5) is 0 Å². The fourth-order valence-electron chi connectivity index (χ4n) is 5.17. The predicted molar refractivity (Wildman–Crippen MR) is 145 cm³/mol. The lowest BCUT2D eigenvalue weighted by atomic mass is 9.90. The number of nitrogens with one attached hydrogen (secondary N) is 1. The van der Waals surface area contributed by atoms with Crippen LogP contribution in [0.3, 0.4) is 0 Å².